The van der Waals surface area contributed by atoms with Crippen LogP contribution in [0.4, 0.5) is 11.4 Å². The van der Waals surface area contributed by atoms with Gasteiger partial charge < -0.3 is 20.1 Å². The second-order valence-corrected chi connectivity index (χ2v) is 5.42. The quantitative estimate of drug-likeness (QED) is 0.791. The van der Waals surface area contributed by atoms with Gasteiger partial charge in [0.1, 0.15) is 11.5 Å². The van der Waals surface area contributed by atoms with Crippen molar-refractivity contribution in [2.75, 3.05) is 37.9 Å². The summed E-state index contributed by atoms with van der Waals surface area (Å²) in [4.78, 5) is 2.26. The molecule has 2 aromatic rings. The molecule has 2 N–H and O–H groups in total. The van der Waals surface area contributed by atoms with Crippen molar-refractivity contribution in [2.45, 2.75) is 20.3 Å². The molecule has 0 spiro atoms. The van der Waals surface area contributed by atoms with Crippen molar-refractivity contribution in [3.8, 4) is 11.5 Å². The summed E-state index contributed by atoms with van der Waals surface area (Å²) in [5.41, 5.74) is 10.4. The van der Waals surface area contributed by atoms with E-state index in [-0.39, 0.29) is 0 Å². The Balaban J connectivity index is 2.29. The van der Waals surface area contributed by atoms with Crippen molar-refractivity contribution in [1.82, 2.24) is 0 Å². The van der Waals surface area contributed by atoms with E-state index >= 15 is 0 Å². The molecule has 4 heteroatoms. The van der Waals surface area contributed by atoms with Gasteiger partial charge in [0.05, 0.1) is 25.6 Å². The highest BCUT2D eigenvalue weighted by molar-refractivity contribution is 5.68. The Morgan fingerprint density at radius 1 is 0.957 bits per heavy atom. The molecule has 0 saturated carbocycles. The molecule has 0 radical (unpaired) electrons. The normalized spacial score (nSPS) is 10.4. The second kappa shape index (κ2) is 7.77. The van der Waals surface area contributed by atoms with Gasteiger partial charge in [0.25, 0.3) is 0 Å². The maximum Gasteiger partial charge on any atom is 0.122 e. The molecule has 0 aromatic heterocycles. The molecule has 0 amide bonds. The number of nitrogens with zero attached hydrogens (tertiary/aromatic N) is 1. The standard InChI is InChI=1S/C19H26N2O2/c1-5-21(6-2)18-9-7-14(12-17(18)20)11-15-13-16(22-3)8-10-19(15)23-4/h7-10,12-13H,5-6,11,20H2,1-4H3. The highest BCUT2D eigenvalue weighted by atomic mass is 16.5. The van der Waals surface area contributed by atoms with Crippen LogP contribution < -0.4 is 20.1 Å². The largest absolute Gasteiger partial charge is 0.497 e. The molecule has 4 nitrogen and oxygen atoms in total. The van der Waals surface area contributed by atoms with Gasteiger partial charge in [-0.3, -0.25) is 0 Å². The van der Waals surface area contributed by atoms with Crippen LogP contribution in [0.2, 0.25) is 0 Å². The third-order valence-electron chi connectivity index (χ3n) is 4.08. The van der Waals surface area contributed by atoms with Crippen molar-refractivity contribution < 1.29 is 9.47 Å². The van der Waals surface area contributed by atoms with E-state index in [9.17, 15) is 0 Å². The molecular formula is C19H26N2O2. The summed E-state index contributed by atoms with van der Waals surface area (Å²) in [5.74, 6) is 1.69. The minimum absolute atomic E-state index is 0.753. The number of methoxy groups -OCH3 is 2. The molecular weight excluding hydrogens is 288 g/mol. The molecule has 2 aromatic carbocycles. The van der Waals surface area contributed by atoms with Gasteiger partial charge in [-0.15, -0.1) is 0 Å². The zero-order valence-corrected chi connectivity index (χ0v) is 14.4. The molecule has 0 atom stereocenters. The summed E-state index contributed by atoms with van der Waals surface area (Å²) >= 11 is 0. The van der Waals surface area contributed by atoms with Crippen LogP contribution in [0.3, 0.4) is 0 Å². The van der Waals surface area contributed by atoms with E-state index < -0.39 is 0 Å². The van der Waals surface area contributed by atoms with Crippen LogP contribution >= 0.6 is 0 Å². The van der Waals surface area contributed by atoms with Gasteiger partial charge >= 0.3 is 0 Å². The highest BCUT2D eigenvalue weighted by Crippen LogP contribution is 2.29. The first-order valence-electron chi connectivity index (χ1n) is 7.97. The van der Waals surface area contributed by atoms with E-state index in [1.165, 1.54) is 0 Å². The third-order valence-corrected chi connectivity index (χ3v) is 4.08. The molecule has 0 aliphatic rings. The predicted octanol–water partition coefficient (Wildman–Crippen LogP) is 3.72. The number of ether oxygens (including phenoxy) is 2. The molecule has 0 aliphatic heterocycles. The Morgan fingerprint density at radius 3 is 2.26 bits per heavy atom. The predicted molar refractivity (Wildman–Crippen MR) is 96.8 cm³/mol. The van der Waals surface area contributed by atoms with E-state index in [1.807, 2.05) is 24.3 Å². The van der Waals surface area contributed by atoms with Gasteiger partial charge in [-0.05, 0) is 49.7 Å². The number of rotatable bonds is 7. The molecule has 2 rings (SSSR count). The van der Waals surface area contributed by atoms with Crippen LogP contribution in [0.15, 0.2) is 36.4 Å². The molecule has 23 heavy (non-hydrogen) atoms. The Bertz CT molecular complexity index is 652. The van der Waals surface area contributed by atoms with Crippen LogP contribution in [-0.2, 0) is 6.42 Å². The SMILES string of the molecule is CCN(CC)c1ccc(Cc2cc(OC)ccc2OC)cc1N. The number of nitrogen functional groups attached to an aromatic ring is 1. The van der Waals surface area contributed by atoms with Gasteiger partial charge in [-0.25, -0.2) is 0 Å². The lowest BCUT2D eigenvalue weighted by Gasteiger charge is -2.23. The van der Waals surface area contributed by atoms with Gasteiger partial charge in [0.2, 0.25) is 0 Å². The fourth-order valence-corrected chi connectivity index (χ4v) is 2.81. The lowest BCUT2D eigenvalue weighted by atomic mass is 10.0. The van der Waals surface area contributed by atoms with Crippen molar-refractivity contribution in [3.63, 3.8) is 0 Å². The van der Waals surface area contributed by atoms with Crippen LogP contribution in [0.5, 0.6) is 11.5 Å². The Labute approximate surface area is 138 Å². The lowest BCUT2D eigenvalue weighted by molar-refractivity contribution is 0.399. The van der Waals surface area contributed by atoms with E-state index in [0.717, 1.165) is 53.5 Å². The van der Waals surface area contributed by atoms with Gasteiger partial charge in [0.15, 0.2) is 0 Å². The zero-order valence-electron chi connectivity index (χ0n) is 14.4. The molecule has 0 aliphatic carbocycles. The molecule has 0 saturated heterocycles. The number of hydrogen-bond donors (Lipinski definition) is 1. The summed E-state index contributed by atoms with van der Waals surface area (Å²) in [6, 6.07) is 12.1. The molecule has 0 fully saturated rings. The first-order valence-corrected chi connectivity index (χ1v) is 7.97. The lowest BCUT2D eigenvalue weighted by Crippen LogP contribution is -2.22. The minimum Gasteiger partial charge on any atom is -0.497 e. The summed E-state index contributed by atoms with van der Waals surface area (Å²) in [6.07, 6.45) is 0.753. The Morgan fingerprint density at radius 2 is 1.70 bits per heavy atom. The van der Waals surface area contributed by atoms with Gasteiger partial charge in [-0.2, -0.15) is 0 Å². The maximum absolute atomic E-state index is 6.26. The first kappa shape index (κ1) is 17.0. The van der Waals surface area contributed by atoms with E-state index in [1.54, 1.807) is 14.2 Å². The topological polar surface area (TPSA) is 47.7 Å². The average molecular weight is 314 g/mol. The number of hydrogen-bond acceptors (Lipinski definition) is 4. The Kier molecular flexibility index (Phi) is 5.74. The number of nitrogens with two attached hydrogens (primary N) is 1. The maximum atomic E-state index is 6.26. The molecule has 0 unspecified atom stereocenters. The molecule has 0 heterocycles. The van der Waals surface area contributed by atoms with Crippen molar-refractivity contribution >= 4 is 11.4 Å². The summed E-state index contributed by atoms with van der Waals surface area (Å²) in [7, 11) is 3.35. The minimum atomic E-state index is 0.753. The summed E-state index contributed by atoms with van der Waals surface area (Å²) in [5, 5.41) is 0. The number of anilines is 2. The van der Waals surface area contributed by atoms with E-state index in [4.69, 9.17) is 15.2 Å². The van der Waals surface area contributed by atoms with Crippen LogP contribution in [0.1, 0.15) is 25.0 Å². The summed E-state index contributed by atoms with van der Waals surface area (Å²) < 4.78 is 10.8. The van der Waals surface area contributed by atoms with Gasteiger partial charge in [0, 0.05) is 25.1 Å². The van der Waals surface area contributed by atoms with Crippen molar-refractivity contribution in [2.24, 2.45) is 0 Å². The average Bonchev–Trinajstić information content (AvgIpc) is 2.57. The molecule has 0 bridgehead atoms. The van der Waals surface area contributed by atoms with Crippen LogP contribution in [-0.4, -0.2) is 27.3 Å². The van der Waals surface area contributed by atoms with Crippen LogP contribution in [0.25, 0.3) is 0 Å². The summed E-state index contributed by atoms with van der Waals surface area (Å²) in [6.45, 7) is 6.17. The van der Waals surface area contributed by atoms with Gasteiger partial charge in [-0.1, -0.05) is 6.07 Å². The smallest absolute Gasteiger partial charge is 0.122 e. The number of benzene rings is 2. The van der Waals surface area contributed by atoms with Crippen LogP contribution in [0, 0.1) is 0 Å². The van der Waals surface area contributed by atoms with E-state index in [2.05, 4.69) is 30.9 Å². The fraction of sp³-hybridized carbons (Fsp3) is 0.368. The van der Waals surface area contributed by atoms with Crippen molar-refractivity contribution in [3.05, 3.63) is 47.5 Å². The molecule has 124 valence electrons. The monoisotopic (exact) mass is 314 g/mol. The highest BCUT2D eigenvalue weighted by Gasteiger charge is 2.10. The van der Waals surface area contributed by atoms with Crippen molar-refractivity contribution in [1.29, 1.82) is 0 Å². The second-order valence-electron chi connectivity index (χ2n) is 5.42. The first-order chi connectivity index (χ1) is 11.1. The van der Waals surface area contributed by atoms with E-state index in [0.29, 0.717) is 0 Å². The zero-order chi connectivity index (χ0) is 16.8. The fourth-order valence-electron chi connectivity index (χ4n) is 2.81. The third kappa shape index (κ3) is 3.89. The Hall–Kier alpha value is -2.36.